The Balaban J connectivity index is 1.40. The number of ether oxygens (including phenoxy) is 2. The minimum atomic E-state index is -0.596. The van der Waals surface area contributed by atoms with Crippen LogP contribution in [-0.2, 0) is 4.74 Å². The summed E-state index contributed by atoms with van der Waals surface area (Å²) < 4.78 is 31.8. The van der Waals surface area contributed by atoms with Crippen LogP contribution in [0.15, 0.2) is 58.9 Å². The Labute approximate surface area is 214 Å². The normalized spacial score (nSPS) is 13.8. The van der Waals surface area contributed by atoms with Crippen molar-refractivity contribution >= 4 is 17.4 Å². The summed E-state index contributed by atoms with van der Waals surface area (Å²) in [5.41, 5.74) is 1.42. The van der Waals surface area contributed by atoms with Gasteiger partial charge >= 0.3 is 6.03 Å². The van der Waals surface area contributed by atoms with E-state index in [-0.39, 0.29) is 37.6 Å². The van der Waals surface area contributed by atoms with Crippen molar-refractivity contribution in [2.45, 2.75) is 39.2 Å². The first-order chi connectivity index (χ1) is 17.9. The third-order valence-corrected chi connectivity index (χ3v) is 5.60. The molecule has 4 rings (SSSR count). The Morgan fingerprint density at radius 1 is 1.24 bits per heavy atom. The van der Waals surface area contributed by atoms with Gasteiger partial charge in [-0.2, -0.15) is 4.98 Å². The number of aliphatic hydroxyl groups excluding tert-OH is 1. The van der Waals surface area contributed by atoms with Crippen molar-refractivity contribution in [1.82, 2.24) is 15.5 Å². The van der Waals surface area contributed by atoms with Crippen LogP contribution in [-0.4, -0.2) is 47.3 Å². The molecule has 2 heterocycles. The van der Waals surface area contributed by atoms with E-state index in [9.17, 15) is 9.18 Å². The van der Waals surface area contributed by atoms with E-state index < -0.39 is 11.8 Å². The maximum absolute atomic E-state index is 14.6. The molecule has 1 atom stereocenters. The first kappa shape index (κ1) is 26.0. The maximum Gasteiger partial charge on any atom is 0.319 e. The highest BCUT2D eigenvalue weighted by atomic mass is 19.1. The molecule has 0 aliphatic carbocycles. The monoisotopic (exact) mass is 511 g/mol. The highest BCUT2D eigenvalue weighted by Gasteiger charge is 2.24. The zero-order valence-corrected chi connectivity index (χ0v) is 20.9. The highest BCUT2D eigenvalue weighted by molar-refractivity contribution is 5.89. The fourth-order valence-corrected chi connectivity index (χ4v) is 3.59. The molecule has 0 spiro atoms. The van der Waals surface area contributed by atoms with Gasteiger partial charge in [-0.25, -0.2) is 9.18 Å². The van der Waals surface area contributed by atoms with Crippen LogP contribution in [0.5, 0.6) is 5.75 Å². The van der Waals surface area contributed by atoms with Crippen LogP contribution < -0.4 is 20.3 Å². The Hall–Kier alpha value is -4.12. The smallest absolute Gasteiger partial charge is 0.319 e. The molecule has 3 aromatic rings. The Morgan fingerprint density at radius 2 is 2.03 bits per heavy atom. The lowest BCUT2D eigenvalue weighted by atomic mass is 10.2. The highest BCUT2D eigenvalue weighted by Crippen LogP contribution is 2.29. The van der Waals surface area contributed by atoms with Crippen LogP contribution in [0.4, 0.5) is 20.6 Å². The summed E-state index contributed by atoms with van der Waals surface area (Å²) in [5.74, 6) is 1.96. The predicted molar refractivity (Wildman–Crippen MR) is 136 cm³/mol. The van der Waals surface area contributed by atoms with Crippen molar-refractivity contribution < 1.29 is 28.3 Å². The molecule has 0 saturated carbocycles. The second-order valence-corrected chi connectivity index (χ2v) is 8.69. The van der Waals surface area contributed by atoms with Gasteiger partial charge in [0, 0.05) is 29.9 Å². The van der Waals surface area contributed by atoms with Gasteiger partial charge in [0.15, 0.2) is 18.6 Å². The lowest BCUT2D eigenvalue weighted by Crippen LogP contribution is -2.31. The molecule has 0 saturated heterocycles. The quantitative estimate of drug-likeness (QED) is 0.361. The van der Waals surface area contributed by atoms with Gasteiger partial charge in [0.25, 0.3) is 0 Å². The number of carbonyl (C=O) groups excluding carboxylic acids is 1. The van der Waals surface area contributed by atoms with Crippen LogP contribution in [0.3, 0.4) is 0 Å². The first-order valence-corrected chi connectivity index (χ1v) is 12.0. The van der Waals surface area contributed by atoms with Crippen molar-refractivity contribution in [3.05, 3.63) is 66.1 Å². The largest absolute Gasteiger partial charge is 0.482 e. The first-order valence-electron chi connectivity index (χ1n) is 12.0. The molecule has 196 valence electrons. The molecule has 1 aliphatic heterocycles. The summed E-state index contributed by atoms with van der Waals surface area (Å²) in [4.78, 5) is 17.9. The SMILES string of the molecule is CCC(Oc1ccc(-c2noc(C(C)C)n2)cc1)C1=CN(c2ccc(NC(=O)NCCO)c(F)c2)CO1. The number of aliphatic hydroxyl groups is 1. The summed E-state index contributed by atoms with van der Waals surface area (Å²) in [7, 11) is 0. The summed E-state index contributed by atoms with van der Waals surface area (Å²) in [6, 6.07) is 11.3. The summed E-state index contributed by atoms with van der Waals surface area (Å²) in [5, 5.41) is 17.6. The zero-order chi connectivity index (χ0) is 26.4. The molecule has 0 radical (unpaired) electrons. The molecule has 11 heteroatoms. The fourth-order valence-electron chi connectivity index (χ4n) is 3.59. The van der Waals surface area contributed by atoms with Gasteiger partial charge in [-0.15, -0.1) is 0 Å². The molecule has 0 fully saturated rings. The van der Waals surface area contributed by atoms with E-state index in [1.54, 1.807) is 17.2 Å². The summed E-state index contributed by atoms with van der Waals surface area (Å²) in [6.07, 6.45) is 2.10. The Kier molecular flexibility index (Phi) is 8.24. The van der Waals surface area contributed by atoms with E-state index in [2.05, 4.69) is 20.8 Å². The van der Waals surface area contributed by atoms with Gasteiger partial charge in [-0.1, -0.05) is 25.9 Å². The number of urea groups is 1. The van der Waals surface area contributed by atoms with Gasteiger partial charge in [-0.3, -0.25) is 0 Å². The third-order valence-electron chi connectivity index (χ3n) is 5.60. The molecule has 2 aromatic carbocycles. The number of hydrogen-bond donors (Lipinski definition) is 3. The average molecular weight is 512 g/mol. The predicted octanol–water partition coefficient (Wildman–Crippen LogP) is 4.61. The minimum Gasteiger partial charge on any atom is -0.482 e. The molecule has 1 unspecified atom stereocenters. The second-order valence-electron chi connectivity index (χ2n) is 8.69. The molecular formula is C26H30FN5O5. The molecule has 3 N–H and O–H groups in total. The van der Waals surface area contributed by atoms with Crippen molar-refractivity contribution in [1.29, 1.82) is 0 Å². The molecule has 1 aromatic heterocycles. The number of halogens is 1. The minimum absolute atomic E-state index is 0.0305. The average Bonchev–Trinajstić information content (AvgIpc) is 3.58. The van der Waals surface area contributed by atoms with Gasteiger partial charge in [0.05, 0.1) is 12.3 Å². The van der Waals surface area contributed by atoms with Crippen molar-refractivity contribution in [2.24, 2.45) is 0 Å². The van der Waals surface area contributed by atoms with Crippen molar-refractivity contribution in [3.8, 4) is 17.1 Å². The molecule has 0 bridgehead atoms. The third kappa shape index (κ3) is 6.36. The van der Waals surface area contributed by atoms with E-state index in [0.717, 1.165) is 5.56 Å². The number of nitrogens with one attached hydrogen (secondary N) is 2. The standard InChI is InChI=1S/C26H30FN5O5/c1-4-22(36-19-8-5-17(6-9-19)24-30-25(16(2)3)37-31-24)23-14-32(15-35-23)18-7-10-21(20(27)13-18)29-26(34)28-11-12-33/h5-10,13-14,16,22,33H,4,11-12,15H2,1-3H3,(H2,28,29,34). The van der Waals surface area contributed by atoms with Gasteiger partial charge < -0.3 is 34.6 Å². The van der Waals surface area contributed by atoms with Crippen LogP contribution in [0.25, 0.3) is 11.4 Å². The number of amides is 2. The van der Waals surface area contributed by atoms with Crippen molar-refractivity contribution in [3.63, 3.8) is 0 Å². The van der Waals surface area contributed by atoms with Gasteiger partial charge in [-0.05, 0) is 48.9 Å². The topological polar surface area (TPSA) is 122 Å². The van der Waals surface area contributed by atoms with E-state index in [1.165, 1.54) is 12.1 Å². The number of nitrogens with zero attached hydrogens (tertiary/aromatic N) is 3. The Bertz CT molecular complexity index is 1240. The number of rotatable bonds is 10. The lowest BCUT2D eigenvalue weighted by molar-refractivity contribution is 0.132. The molecule has 10 nitrogen and oxygen atoms in total. The zero-order valence-electron chi connectivity index (χ0n) is 20.9. The van der Waals surface area contributed by atoms with Gasteiger partial charge in [0.2, 0.25) is 11.7 Å². The van der Waals surface area contributed by atoms with E-state index >= 15 is 0 Å². The molecule has 37 heavy (non-hydrogen) atoms. The van der Waals surface area contributed by atoms with Crippen LogP contribution in [0.1, 0.15) is 39.0 Å². The van der Waals surface area contributed by atoms with E-state index in [0.29, 0.717) is 35.3 Å². The summed E-state index contributed by atoms with van der Waals surface area (Å²) in [6.45, 7) is 6.04. The number of benzene rings is 2. The van der Waals surface area contributed by atoms with Crippen LogP contribution in [0, 0.1) is 5.82 Å². The summed E-state index contributed by atoms with van der Waals surface area (Å²) >= 11 is 0. The number of carbonyl (C=O) groups is 1. The second kappa shape index (κ2) is 11.7. The molecular weight excluding hydrogens is 481 g/mol. The number of anilines is 2. The van der Waals surface area contributed by atoms with Crippen molar-refractivity contribution in [2.75, 3.05) is 30.1 Å². The van der Waals surface area contributed by atoms with Gasteiger partial charge in [0.1, 0.15) is 11.6 Å². The van der Waals surface area contributed by atoms with Crippen LogP contribution >= 0.6 is 0 Å². The number of hydrogen-bond acceptors (Lipinski definition) is 8. The lowest BCUT2D eigenvalue weighted by Gasteiger charge is -2.17. The Morgan fingerprint density at radius 3 is 2.68 bits per heavy atom. The molecule has 1 aliphatic rings. The maximum atomic E-state index is 14.6. The molecule has 2 amide bonds. The fraction of sp³-hybridized carbons (Fsp3) is 0.346. The number of aromatic nitrogens is 2. The van der Waals surface area contributed by atoms with E-state index in [4.69, 9.17) is 19.1 Å². The van der Waals surface area contributed by atoms with Crippen LogP contribution in [0.2, 0.25) is 0 Å². The van der Waals surface area contributed by atoms with E-state index in [1.807, 2.05) is 45.0 Å².